The number of pyridine rings is 1. The Kier molecular flexibility index (Phi) is 7.32. The van der Waals surface area contributed by atoms with Crippen LogP contribution < -0.4 is 10.6 Å². The van der Waals surface area contributed by atoms with Gasteiger partial charge in [-0.25, -0.2) is 4.98 Å². The molecule has 1 aliphatic heterocycles. The summed E-state index contributed by atoms with van der Waals surface area (Å²) in [6, 6.07) is 3.96. The summed E-state index contributed by atoms with van der Waals surface area (Å²) in [5.74, 6) is 0.375. The van der Waals surface area contributed by atoms with Crippen LogP contribution >= 0.6 is 0 Å². The van der Waals surface area contributed by atoms with Gasteiger partial charge in [0, 0.05) is 45.5 Å². The minimum atomic E-state index is -0.582. The number of aryl methyl sites for hydroxylation is 1. The average Bonchev–Trinajstić information content (AvgIpc) is 3.22. The Bertz CT molecular complexity index is 720. The van der Waals surface area contributed by atoms with E-state index in [1.165, 1.54) is 0 Å². The molecule has 0 radical (unpaired) electrons. The fourth-order valence-corrected chi connectivity index (χ4v) is 3.28. The summed E-state index contributed by atoms with van der Waals surface area (Å²) >= 11 is 0. The average molecular weight is 387 g/mol. The van der Waals surface area contributed by atoms with Crippen molar-refractivity contribution in [3.63, 3.8) is 0 Å². The van der Waals surface area contributed by atoms with E-state index in [1.54, 1.807) is 12.7 Å². The van der Waals surface area contributed by atoms with E-state index < -0.39 is 6.10 Å². The number of nitrogens with zero attached hydrogens (tertiary/aromatic N) is 5. The van der Waals surface area contributed by atoms with Crippen molar-refractivity contribution >= 4 is 11.7 Å². The van der Waals surface area contributed by atoms with Gasteiger partial charge < -0.3 is 25.2 Å². The molecule has 28 heavy (non-hydrogen) atoms. The van der Waals surface area contributed by atoms with E-state index in [0.29, 0.717) is 19.5 Å². The SMILES string of the molecule is Cc1ccc(NCCCNC(=O)[C@H]2CN(CCn3cnnc3)CC[C@H]2O)nc1. The molecule has 3 rings (SSSR count). The van der Waals surface area contributed by atoms with E-state index in [0.717, 1.165) is 44.0 Å². The highest BCUT2D eigenvalue weighted by molar-refractivity contribution is 5.79. The summed E-state index contributed by atoms with van der Waals surface area (Å²) < 4.78 is 1.91. The smallest absolute Gasteiger partial charge is 0.227 e. The Hall–Kier alpha value is -2.52. The highest BCUT2D eigenvalue weighted by atomic mass is 16.3. The zero-order valence-corrected chi connectivity index (χ0v) is 16.3. The van der Waals surface area contributed by atoms with Crippen LogP contribution in [0.1, 0.15) is 18.4 Å². The predicted octanol–water partition coefficient (Wildman–Crippen LogP) is 0.283. The number of carbonyl (C=O) groups is 1. The highest BCUT2D eigenvalue weighted by Crippen LogP contribution is 2.17. The van der Waals surface area contributed by atoms with Gasteiger partial charge in [-0.05, 0) is 31.4 Å². The number of aliphatic hydroxyl groups is 1. The summed E-state index contributed by atoms with van der Waals surface area (Å²) in [5, 5.41) is 24.0. The van der Waals surface area contributed by atoms with Crippen molar-refractivity contribution < 1.29 is 9.90 Å². The molecule has 3 N–H and O–H groups in total. The molecule has 0 aliphatic carbocycles. The number of aliphatic hydroxyl groups excluding tert-OH is 1. The lowest BCUT2D eigenvalue weighted by atomic mass is 9.93. The van der Waals surface area contributed by atoms with Crippen LogP contribution in [-0.2, 0) is 11.3 Å². The number of anilines is 1. The second kappa shape index (κ2) is 10.1. The van der Waals surface area contributed by atoms with E-state index in [9.17, 15) is 9.90 Å². The summed E-state index contributed by atoms with van der Waals surface area (Å²) in [4.78, 5) is 19.0. The van der Waals surface area contributed by atoms with Crippen LogP contribution in [0.5, 0.6) is 0 Å². The molecule has 2 aromatic rings. The molecule has 9 heteroatoms. The third-order valence-electron chi connectivity index (χ3n) is 5.01. The van der Waals surface area contributed by atoms with Crippen molar-refractivity contribution in [3.8, 4) is 0 Å². The normalized spacial score (nSPS) is 20.1. The molecule has 1 amide bonds. The molecule has 0 spiro atoms. The molecule has 3 heterocycles. The Morgan fingerprint density at radius 2 is 2.07 bits per heavy atom. The van der Waals surface area contributed by atoms with Gasteiger partial charge in [-0.15, -0.1) is 10.2 Å². The van der Waals surface area contributed by atoms with Crippen molar-refractivity contribution in [3.05, 3.63) is 36.5 Å². The molecule has 1 fully saturated rings. The Morgan fingerprint density at radius 3 is 2.82 bits per heavy atom. The summed E-state index contributed by atoms with van der Waals surface area (Å²) in [5.41, 5.74) is 1.12. The predicted molar refractivity (Wildman–Crippen MR) is 106 cm³/mol. The van der Waals surface area contributed by atoms with Gasteiger partial charge in [0.05, 0.1) is 12.0 Å². The summed E-state index contributed by atoms with van der Waals surface area (Å²) in [6.07, 6.45) is 6.01. The van der Waals surface area contributed by atoms with Crippen molar-refractivity contribution in [1.29, 1.82) is 0 Å². The lowest BCUT2D eigenvalue weighted by Crippen LogP contribution is -2.50. The first-order valence-electron chi connectivity index (χ1n) is 9.79. The number of likely N-dealkylation sites (tertiary alicyclic amines) is 1. The first-order chi connectivity index (χ1) is 13.6. The fraction of sp³-hybridized carbons (Fsp3) is 0.579. The zero-order chi connectivity index (χ0) is 19.8. The van der Waals surface area contributed by atoms with Crippen LogP contribution in [0.25, 0.3) is 0 Å². The Labute approximate surface area is 165 Å². The van der Waals surface area contributed by atoms with Gasteiger partial charge in [0.25, 0.3) is 0 Å². The Morgan fingerprint density at radius 1 is 1.25 bits per heavy atom. The minimum absolute atomic E-state index is 0.0741. The number of hydrogen-bond acceptors (Lipinski definition) is 7. The molecule has 152 valence electrons. The van der Waals surface area contributed by atoms with E-state index in [4.69, 9.17) is 0 Å². The fourth-order valence-electron chi connectivity index (χ4n) is 3.28. The quantitative estimate of drug-likeness (QED) is 0.531. The van der Waals surface area contributed by atoms with Crippen molar-refractivity contribution in [2.24, 2.45) is 5.92 Å². The molecular weight excluding hydrogens is 358 g/mol. The minimum Gasteiger partial charge on any atom is -0.392 e. The van der Waals surface area contributed by atoms with Gasteiger partial charge in [0.15, 0.2) is 0 Å². The van der Waals surface area contributed by atoms with Crippen LogP contribution in [-0.4, -0.2) is 74.5 Å². The van der Waals surface area contributed by atoms with Crippen molar-refractivity contribution in [2.45, 2.75) is 32.4 Å². The van der Waals surface area contributed by atoms with Crippen LogP contribution in [0.15, 0.2) is 31.0 Å². The van der Waals surface area contributed by atoms with Crippen LogP contribution in [0.2, 0.25) is 0 Å². The molecule has 0 bridgehead atoms. The molecule has 1 aliphatic rings. The van der Waals surface area contributed by atoms with Gasteiger partial charge >= 0.3 is 0 Å². The monoisotopic (exact) mass is 387 g/mol. The standard InChI is InChI=1S/C19H29N7O2/c1-15-3-4-18(22-11-15)20-6-2-7-21-19(28)16-12-25(8-5-17(16)27)9-10-26-13-23-24-14-26/h3-4,11,13-14,16-17,27H,2,5-10,12H2,1H3,(H,20,22)(H,21,28)/t16-,17+/m0/s1. The molecule has 0 unspecified atom stereocenters. The topological polar surface area (TPSA) is 108 Å². The number of amides is 1. The van der Waals surface area contributed by atoms with Gasteiger partial charge in [-0.2, -0.15) is 0 Å². The van der Waals surface area contributed by atoms with Gasteiger partial charge in [-0.1, -0.05) is 6.07 Å². The highest BCUT2D eigenvalue weighted by Gasteiger charge is 2.32. The molecular formula is C19H29N7O2. The maximum absolute atomic E-state index is 12.5. The van der Waals surface area contributed by atoms with E-state index in [-0.39, 0.29) is 11.8 Å². The van der Waals surface area contributed by atoms with Crippen LogP contribution in [0.4, 0.5) is 5.82 Å². The number of rotatable bonds is 9. The van der Waals surface area contributed by atoms with Gasteiger partial charge in [0.1, 0.15) is 18.5 Å². The third-order valence-corrected chi connectivity index (χ3v) is 5.01. The molecule has 1 saturated heterocycles. The van der Waals surface area contributed by atoms with Crippen molar-refractivity contribution in [2.75, 3.05) is 38.0 Å². The zero-order valence-electron chi connectivity index (χ0n) is 16.3. The van der Waals surface area contributed by atoms with E-state index in [2.05, 4.69) is 30.7 Å². The molecule has 0 aromatic carbocycles. The van der Waals surface area contributed by atoms with Crippen LogP contribution in [0, 0.1) is 12.8 Å². The molecule has 9 nitrogen and oxygen atoms in total. The van der Waals surface area contributed by atoms with Crippen molar-refractivity contribution in [1.82, 2.24) is 30.0 Å². The number of aromatic nitrogens is 4. The summed E-state index contributed by atoms with van der Waals surface area (Å²) in [6.45, 7) is 6.25. The number of carbonyl (C=O) groups excluding carboxylic acids is 1. The molecule has 2 aromatic heterocycles. The second-order valence-corrected chi connectivity index (χ2v) is 7.25. The van der Waals surface area contributed by atoms with Gasteiger partial charge in [0.2, 0.25) is 5.91 Å². The largest absolute Gasteiger partial charge is 0.392 e. The Balaban J connectivity index is 1.35. The number of hydrogen-bond donors (Lipinski definition) is 3. The maximum atomic E-state index is 12.5. The third kappa shape index (κ3) is 6.00. The molecule has 0 saturated carbocycles. The maximum Gasteiger partial charge on any atom is 0.227 e. The van der Waals surface area contributed by atoms with E-state index in [1.807, 2.05) is 29.8 Å². The van der Waals surface area contributed by atoms with Gasteiger partial charge in [-0.3, -0.25) is 4.79 Å². The summed E-state index contributed by atoms with van der Waals surface area (Å²) in [7, 11) is 0. The number of nitrogens with one attached hydrogen (secondary N) is 2. The van der Waals surface area contributed by atoms with Crippen LogP contribution in [0.3, 0.4) is 0 Å². The molecule has 2 atom stereocenters. The first kappa shape index (κ1) is 20.2. The lowest BCUT2D eigenvalue weighted by molar-refractivity contribution is -0.131. The lowest BCUT2D eigenvalue weighted by Gasteiger charge is -2.35. The number of piperidine rings is 1. The van der Waals surface area contributed by atoms with E-state index >= 15 is 0 Å². The second-order valence-electron chi connectivity index (χ2n) is 7.25. The first-order valence-corrected chi connectivity index (χ1v) is 9.79.